The fourth-order valence-corrected chi connectivity index (χ4v) is 1.86. The Labute approximate surface area is 108 Å². The molecule has 1 rings (SSSR count). The van der Waals surface area contributed by atoms with E-state index in [1.807, 2.05) is 20.2 Å². The van der Waals surface area contributed by atoms with Gasteiger partial charge >= 0.3 is 0 Å². The van der Waals surface area contributed by atoms with Gasteiger partial charge in [0.2, 0.25) is 5.92 Å². The highest BCUT2D eigenvalue weighted by molar-refractivity contribution is 5.26. The van der Waals surface area contributed by atoms with Crippen molar-refractivity contribution in [1.29, 1.82) is 0 Å². The molecule has 0 aliphatic rings. The molecule has 1 N–H and O–H groups in total. The Morgan fingerprint density at radius 2 is 2.11 bits per heavy atom. The van der Waals surface area contributed by atoms with E-state index in [9.17, 15) is 8.78 Å². The van der Waals surface area contributed by atoms with Gasteiger partial charge in [-0.25, -0.2) is 8.78 Å². The van der Waals surface area contributed by atoms with Gasteiger partial charge in [-0.2, -0.15) is 0 Å². The van der Waals surface area contributed by atoms with Gasteiger partial charge in [-0.3, -0.25) is 4.98 Å². The van der Waals surface area contributed by atoms with Crippen molar-refractivity contribution in [2.75, 3.05) is 7.05 Å². The van der Waals surface area contributed by atoms with E-state index >= 15 is 0 Å². The van der Waals surface area contributed by atoms with Crippen LogP contribution in [0, 0.1) is 6.92 Å². The Hall–Kier alpha value is -1.03. The Bertz CT molecular complexity index is 386. The fourth-order valence-electron chi connectivity index (χ4n) is 1.86. The highest BCUT2D eigenvalue weighted by atomic mass is 19.3. The predicted octanol–water partition coefficient (Wildman–Crippen LogP) is 3.65. The SMILES string of the molecule is CNC(C)c1cnc(CCCC(C)(F)F)c(C)c1. The summed E-state index contributed by atoms with van der Waals surface area (Å²) in [5, 5.41) is 3.15. The summed E-state index contributed by atoms with van der Waals surface area (Å²) in [5.74, 6) is -2.57. The van der Waals surface area contributed by atoms with Gasteiger partial charge in [0.15, 0.2) is 0 Å². The van der Waals surface area contributed by atoms with Crippen molar-refractivity contribution < 1.29 is 8.78 Å². The lowest BCUT2D eigenvalue weighted by Gasteiger charge is -2.13. The lowest BCUT2D eigenvalue weighted by molar-refractivity contribution is 0.0110. The molecule has 1 unspecified atom stereocenters. The first kappa shape index (κ1) is 15.0. The quantitative estimate of drug-likeness (QED) is 0.840. The van der Waals surface area contributed by atoms with Gasteiger partial charge in [0.1, 0.15) is 0 Å². The molecule has 1 atom stereocenters. The number of nitrogens with zero attached hydrogens (tertiary/aromatic N) is 1. The lowest BCUT2D eigenvalue weighted by atomic mass is 10.0. The summed E-state index contributed by atoms with van der Waals surface area (Å²) in [6.07, 6.45) is 2.83. The molecule has 102 valence electrons. The van der Waals surface area contributed by atoms with Crippen molar-refractivity contribution in [3.8, 4) is 0 Å². The third-order valence-electron chi connectivity index (χ3n) is 3.17. The molecule has 18 heavy (non-hydrogen) atoms. The van der Waals surface area contributed by atoms with Crippen molar-refractivity contribution in [1.82, 2.24) is 10.3 Å². The average Bonchev–Trinajstić information content (AvgIpc) is 2.28. The van der Waals surface area contributed by atoms with E-state index in [2.05, 4.69) is 23.3 Å². The standard InChI is InChI=1S/C14H22F2N2/c1-10-8-12(11(2)17-4)9-18-13(10)6-5-7-14(3,15)16/h8-9,11,17H,5-7H2,1-4H3. The number of hydrogen-bond donors (Lipinski definition) is 1. The smallest absolute Gasteiger partial charge is 0.245 e. The second kappa shape index (κ2) is 6.23. The minimum absolute atomic E-state index is 0.0806. The number of hydrogen-bond acceptors (Lipinski definition) is 2. The van der Waals surface area contributed by atoms with E-state index in [0.29, 0.717) is 12.8 Å². The summed E-state index contributed by atoms with van der Waals surface area (Å²) >= 11 is 0. The van der Waals surface area contributed by atoms with E-state index < -0.39 is 5.92 Å². The summed E-state index contributed by atoms with van der Waals surface area (Å²) in [7, 11) is 1.90. The van der Waals surface area contributed by atoms with Gasteiger partial charge in [0.05, 0.1) is 0 Å². The topological polar surface area (TPSA) is 24.9 Å². The maximum Gasteiger partial charge on any atom is 0.245 e. The second-order valence-corrected chi connectivity index (χ2v) is 4.97. The van der Waals surface area contributed by atoms with Crippen LogP contribution in [0.3, 0.4) is 0 Å². The fraction of sp³-hybridized carbons (Fsp3) is 0.643. The molecule has 1 aromatic rings. The zero-order valence-corrected chi connectivity index (χ0v) is 11.6. The maximum atomic E-state index is 12.7. The summed E-state index contributed by atoms with van der Waals surface area (Å²) in [4.78, 5) is 4.38. The molecule has 0 saturated carbocycles. The summed E-state index contributed by atoms with van der Waals surface area (Å²) in [6.45, 7) is 5.01. The Morgan fingerprint density at radius 3 is 2.61 bits per heavy atom. The van der Waals surface area contributed by atoms with Crippen molar-refractivity contribution >= 4 is 0 Å². The highest BCUT2D eigenvalue weighted by Gasteiger charge is 2.20. The molecule has 0 aromatic carbocycles. The number of alkyl halides is 2. The van der Waals surface area contributed by atoms with Crippen LogP contribution in [0.15, 0.2) is 12.3 Å². The second-order valence-electron chi connectivity index (χ2n) is 4.97. The van der Waals surface area contributed by atoms with Gasteiger partial charge in [-0.15, -0.1) is 0 Å². The molecule has 0 amide bonds. The number of rotatable bonds is 6. The van der Waals surface area contributed by atoms with Crippen LogP contribution in [0.4, 0.5) is 8.78 Å². The molecule has 0 aliphatic carbocycles. The van der Waals surface area contributed by atoms with Crippen LogP contribution in [-0.2, 0) is 6.42 Å². The largest absolute Gasteiger partial charge is 0.313 e. The number of halogens is 2. The Kier molecular flexibility index (Phi) is 5.20. The monoisotopic (exact) mass is 256 g/mol. The first-order valence-corrected chi connectivity index (χ1v) is 6.34. The van der Waals surface area contributed by atoms with E-state index in [-0.39, 0.29) is 12.5 Å². The molecule has 2 nitrogen and oxygen atoms in total. The van der Waals surface area contributed by atoms with Crippen molar-refractivity contribution in [3.63, 3.8) is 0 Å². The van der Waals surface area contributed by atoms with Gasteiger partial charge in [0, 0.05) is 24.4 Å². The van der Waals surface area contributed by atoms with Crippen LogP contribution in [-0.4, -0.2) is 18.0 Å². The molecule has 4 heteroatoms. The summed E-state index contributed by atoms with van der Waals surface area (Å²) in [6, 6.07) is 2.33. The van der Waals surface area contributed by atoms with Crippen LogP contribution in [0.1, 0.15) is 49.6 Å². The summed E-state index contributed by atoms with van der Waals surface area (Å²) < 4.78 is 25.4. The Balaban J connectivity index is 2.63. The van der Waals surface area contributed by atoms with Gasteiger partial charge in [0.25, 0.3) is 0 Å². The van der Waals surface area contributed by atoms with Gasteiger partial charge < -0.3 is 5.32 Å². The molecule has 0 bridgehead atoms. The number of pyridine rings is 1. The number of nitrogens with one attached hydrogen (secondary N) is 1. The molecule has 0 radical (unpaired) electrons. The minimum Gasteiger partial charge on any atom is -0.313 e. The molecule has 1 aromatic heterocycles. The first-order valence-electron chi connectivity index (χ1n) is 6.34. The van der Waals surface area contributed by atoms with E-state index in [0.717, 1.165) is 23.7 Å². The number of aryl methyl sites for hydroxylation is 2. The van der Waals surface area contributed by atoms with Crippen LogP contribution in [0.2, 0.25) is 0 Å². The molecule has 0 spiro atoms. The highest BCUT2D eigenvalue weighted by Crippen LogP contribution is 2.21. The predicted molar refractivity (Wildman–Crippen MR) is 70.0 cm³/mol. The van der Waals surface area contributed by atoms with Crippen LogP contribution in [0.5, 0.6) is 0 Å². The molecular weight excluding hydrogens is 234 g/mol. The first-order chi connectivity index (χ1) is 8.33. The van der Waals surface area contributed by atoms with Crippen molar-refractivity contribution in [3.05, 3.63) is 29.1 Å². The third kappa shape index (κ3) is 4.69. The van der Waals surface area contributed by atoms with Crippen LogP contribution < -0.4 is 5.32 Å². The maximum absolute atomic E-state index is 12.7. The van der Waals surface area contributed by atoms with Gasteiger partial charge in [-0.05, 0) is 51.8 Å². The molecule has 0 fully saturated rings. The molecular formula is C14H22F2N2. The lowest BCUT2D eigenvalue weighted by Crippen LogP contribution is -2.13. The van der Waals surface area contributed by atoms with Crippen LogP contribution in [0.25, 0.3) is 0 Å². The zero-order valence-electron chi connectivity index (χ0n) is 11.6. The van der Waals surface area contributed by atoms with Gasteiger partial charge in [-0.1, -0.05) is 6.07 Å². The summed E-state index contributed by atoms with van der Waals surface area (Å²) in [5.41, 5.74) is 3.12. The van der Waals surface area contributed by atoms with Crippen LogP contribution >= 0.6 is 0 Å². The molecule has 0 saturated heterocycles. The molecule has 1 heterocycles. The molecule has 0 aliphatic heterocycles. The Morgan fingerprint density at radius 1 is 1.44 bits per heavy atom. The number of aromatic nitrogens is 1. The van der Waals surface area contributed by atoms with E-state index in [4.69, 9.17) is 0 Å². The minimum atomic E-state index is -2.57. The zero-order chi connectivity index (χ0) is 13.8. The van der Waals surface area contributed by atoms with E-state index in [1.165, 1.54) is 0 Å². The van der Waals surface area contributed by atoms with E-state index in [1.54, 1.807) is 0 Å². The van der Waals surface area contributed by atoms with Crippen molar-refractivity contribution in [2.45, 2.75) is 52.0 Å². The average molecular weight is 256 g/mol. The third-order valence-corrected chi connectivity index (χ3v) is 3.17. The normalized spacial score (nSPS) is 13.7. The van der Waals surface area contributed by atoms with Crippen molar-refractivity contribution in [2.24, 2.45) is 0 Å².